The second-order valence-electron chi connectivity index (χ2n) is 8.09. The lowest BCUT2D eigenvalue weighted by Crippen LogP contribution is -2.44. The third kappa shape index (κ3) is 2.51. The van der Waals surface area contributed by atoms with Gasteiger partial charge in [0.1, 0.15) is 11.6 Å². The molecule has 1 N–H and O–H groups in total. The van der Waals surface area contributed by atoms with Crippen molar-refractivity contribution in [2.45, 2.75) is 64.5 Å². The van der Waals surface area contributed by atoms with Gasteiger partial charge in [0, 0.05) is 6.54 Å². The zero-order chi connectivity index (χ0) is 15.4. The van der Waals surface area contributed by atoms with E-state index in [0.29, 0.717) is 24.3 Å². The minimum absolute atomic E-state index is 0.315. The van der Waals surface area contributed by atoms with Crippen LogP contribution in [0.5, 0.6) is 0 Å². The van der Waals surface area contributed by atoms with E-state index >= 15 is 0 Å². The van der Waals surface area contributed by atoms with Gasteiger partial charge in [-0.3, -0.25) is 4.90 Å². The van der Waals surface area contributed by atoms with E-state index in [1.54, 1.807) is 20.8 Å². The fourth-order valence-corrected chi connectivity index (χ4v) is 4.56. The quantitative estimate of drug-likeness (QED) is 0.850. The van der Waals surface area contributed by atoms with Crippen molar-refractivity contribution < 1.29 is 19.4 Å². The summed E-state index contributed by atoms with van der Waals surface area (Å²) in [6, 6.07) is -0.723. The molecule has 5 heteroatoms. The van der Waals surface area contributed by atoms with Crippen LogP contribution in [0.4, 0.5) is 4.79 Å². The molecule has 2 bridgehead atoms. The highest BCUT2D eigenvalue weighted by atomic mass is 16.6. The van der Waals surface area contributed by atoms with E-state index in [0.717, 1.165) is 5.92 Å². The van der Waals surface area contributed by atoms with Crippen molar-refractivity contribution in [3.05, 3.63) is 0 Å². The minimum Gasteiger partial charge on any atom is -0.480 e. The van der Waals surface area contributed by atoms with Crippen molar-refractivity contribution >= 4 is 12.1 Å². The predicted molar refractivity (Wildman–Crippen MR) is 76.9 cm³/mol. The SMILES string of the molecule is CC(C)(C)OC(=O)N1CC(C23CCC(C2)C3)C[C@H]1C(=O)O. The Morgan fingerprint density at radius 2 is 1.95 bits per heavy atom. The van der Waals surface area contributed by atoms with Crippen LogP contribution in [0.3, 0.4) is 0 Å². The van der Waals surface area contributed by atoms with E-state index in [1.807, 2.05) is 0 Å². The molecule has 1 saturated heterocycles. The van der Waals surface area contributed by atoms with Crippen molar-refractivity contribution in [1.29, 1.82) is 0 Å². The number of carbonyl (C=O) groups excluding carboxylic acids is 1. The molecule has 0 aromatic carbocycles. The molecule has 0 spiro atoms. The van der Waals surface area contributed by atoms with Crippen LogP contribution in [-0.4, -0.2) is 40.3 Å². The lowest BCUT2D eigenvalue weighted by atomic mass is 9.61. The standard InChI is InChI=1S/C16H25NO4/c1-15(2,3)21-14(20)17-9-11(6-12(17)13(18)19)16-5-4-10(7-16)8-16/h10-12H,4-9H2,1-3H3,(H,18,19)/t10?,11?,12-,16?/m0/s1. The minimum atomic E-state index is -0.909. The van der Waals surface area contributed by atoms with Crippen molar-refractivity contribution in [3.63, 3.8) is 0 Å². The van der Waals surface area contributed by atoms with Crippen LogP contribution in [0.15, 0.2) is 0 Å². The molecule has 1 unspecified atom stereocenters. The second-order valence-corrected chi connectivity index (χ2v) is 8.09. The largest absolute Gasteiger partial charge is 0.480 e. The smallest absolute Gasteiger partial charge is 0.411 e. The summed E-state index contributed by atoms with van der Waals surface area (Å²) in [5, 5.41) is 9.44. The van der Waals surface area contributed by atoms with E-state index in [2.05, 4.69) is 0 Å². The Bertz CT molecular complexity index is 456. The Morgan fingerprint density at radius 1 is 1.29 bits per heavy atom. The average Bonchev–Trinajstić information content (AvgIpc) is 2.98. The van der Waals surface area contributed by atoms with E-state index in [4.69, 9.17) is 4.74 Å². The topological polar surface area (TPSA) is 66.8 Å². The molecular weight excluding hydrogens is 270 g/mol. The van der Waals surface area contributed by atoms with Gasteiger partial charge in [0.05, 0.1) is 0 Å². The fourth-order valence-electron chi connectivity index (χ4n) is 4.56. The Balaban J connectivity index is 1.73. The van der Waals surface area contributed by atoms with Crippen molar-refractivity contribution in [3.8, 4) is 0 Å². The van der Waals surface area contributed by atoms with Crippen molar-refractivity contribution in [2.24, 2.45) is 17.3 Å². The maximum absolute atomic E-state index is 12.3. The summed E-state index contributed by atoms with van der Waals surface area (Å²) in [6.07, 6.45) is 5.04. The molecule has 1 amide bonds. The first-order valence-corrected chi connectivity index (χ1v) is 7.93. The molecule has 1 heterocycles. The summed E-state index contributed by atoms with van der Waals surface area (Å²) < 4.78 is 5.38. The summed E-state index contributed by atoms with van der Waals surface area (Å²) in [7, 11) is 0. The summed E-state index contributed by atoms with van der Waals surface area (Å²) in [5.41, 5.74) is -0.277. The summed E-state index contributed by atoms with van der Waals surface area (Å²) in [5.74, 6) is 0.266. The number of carboxylic acid groups (broad SMARTS) is 1. The lowest BCUT2D eigenvalue weighted by molar-refractivity contribution is -0.142. The number of hydrogen-bond acceptors (Lipinski definition) is 3. The van der Waals surface area contributed by atoms with Crippen LogP contribution in [-0.2, 0) is 9.53 Å². The van der Waals surface area contributed by atoms with Gasteiger partial charge in [0.25, 0.3) is 0 Å². The zero-order valence-electron chi connectivity index (χ0n) is 13.1. The molecule has 4 fully saturated rings. The van der Waals surface area contributed by atoms with Crippen LogP contribution >= 0.6 is 0 Å². The molecule has 3 aliphatic carbocycles. The Kier molecular flexibility index (Phi) is 3.22. The van der Waals surface area contributed by atoms with Crippen LogP contribution < -0.4 is 0 Å². The molecule has 4 aliphatic rings. The molecule has 3 saturated carbocycles. The van der Waals surface area contributed by atoms with Gasteiger partial charge in [-0.15, -0.1) is 0 Å². The number of hydrogen-bond donors (Lipinski definition) is 1. The van der Waals surface area contributed by atoms with Gasteiger partial charge in [-0.2, -0.15) is 0 Å². The van der Waals surface area contributed by atoms with Gasteiger partial charge in [0.15, 0.2) is 0 Å². The summed E-state index contributed by atoms with van der Waals surface area (Å²) in [4.78, 5) is 25.2. The third-order valence-corrected chi connectivity index (χ3v) is 5.52. The van der Waals surface area contributed by atoms with Crippen LogP contribution in [0, 0.1) is 17.3 Å². The van der Waals surface area contributed by atoms with E-state index < -0.39 is 23.7 Å². The molecule has 21 heavy (non-hydrogen) atoms. The van der Waals surface area contributed by atoms with Crippen LogP contribution in [0.1, 0.15) is 52.9 Å². The highest BCUT2D eigenvalue weighted by Crippen LogP contribution is 2.64. The first-order chi connectivity index (χ1) is 9.70. The lowest BCUT2D eigenvalue weighted by Gasteiger charge is -2.43. The first-order valence-electron chi connectivity index (χ1n) is 7.93. The highest BCUT2D eigenvalue weighted by molar-refractivity contribution is 5.81. The predicted octanol–water partition coefficient (Wildman–Crippen LogP) is 2.89. The second kappa shape index (κ2) is 4.62. The van der Waals surface area contributed by atoms with Crippen molar-refractivity contribution in [2.75, 3.05) is 6.54 Å². The molecular formula is C16H25NO4. The Morgan fingerprint density at radius 3 is 2.43 bits per heavy atom. The molecule has 0 aromatic rings. The fraction of sp³-hybridized carbons (Fsp3) is 0.875. The average molecular weight is 295 g/mol. The number of rotatable bonds is 2. The van der Waals surface area contributed by atoms with Gasteiger partial charge in [-0.05, 0) is 70.1 Å². The van der Waals surface area contributed by atoms with E-state index in [-0.39, 0.29) is 0 Å². The van der Waals surface area contributed by atoms with E-state index in [9.17, 15) is 14.7 Å². The number of carbonyl (C=O) groups is 2. The molecule has 1 aliphatic heterocycles. The maximum Gasteiger partial charge on any atom is 0.411 e. The summed E-state index contributed by atoms with van der Waals surface area (Å²) in [6.45, 7) is 5.96. The molecule has 0 radical (unpaired) electrons. The number of amides is 1. The summed E-state index contributed by atoms with van der Waals surface area (Å²) >= 11 is 0. The number of aliphatic carboxylic acids is 1. The normalized spacial score (nSPS) is 38.2. The number of ether oxygens (including phenoxy) is 1. The van der Waals surface area contributed by atoms with Crippen LogP contribution in [0.2, 0.25) is 0 Å². The van der Waals surface area contributed by atoms with Crippen molar-refractivity contribution in [1.82, 2.24) is 4.90 Å². The Labute approximate surface area is 125 Å². The first kappa shape index (κ1) is 14.7. The molecule has 118 valence electrons. The van der Waals surface area contributed by atoms with E-state index in [1.165, 1.54) is 30.6 Å². The molecule has 2 atom stereocenters. The monoisotopic (exact) mass is 295 g/mol. The third-order valence-electron chi connectivity index (χ3n) is 5.52. The van der Waals surface area contributed by atoms with Gasteiger partial charge in [0.2, 0.25) is 0 Å². The van der Waals surface area contributed by atoms with Gasteiger partial charge < -0.3 is 9.84 Å². The number of carboxylic acids is 1. The molecule has 4 rings (SSSR count). The Hall–Kier alpha value is -1.26. The number of likely N-dealkylation sites (tertiary alicyclic amines) is 1. The number of nitrogens with zero attached hydrogens (tertiary/aromatic N) is 1. The van der Waals surface area contributed by atoms with Gasteiger partial charge >= 0.3 is 12.1 Å². The maximum atomic E-state index is 12.3. The van der Waals surface area contributed by atoms with Gasteiger partial charge in [-0.1, -0.05) is 0 Å². The molecule has 5 nitrogen and oxygen atoms in total. The van der Waals surface area contributed by atoms with Gasteiger partial charge in [-0.25, -0.2) is 9.59 Å². The zero-order valence-corrected chi connectivity index (χ0v) is 13.1. The number of fused-ring (bicyclic) bond motifs is 1. The van der Waals surface area contributed by atoms with Crippen LogP contribution in [0.25, 0.3) is 0 Å². The highest BCUT2D eigenvalue weighted by Gasteiger charge is 2.58. The molecule has 0 aromatic heterocycles.